The molecule has 7 N–H and O–H groups in total. The first-order chi connectivity index (χ1) is 20.1. The van der Waals surface area contributed by atoms with Gasteiger partial charge in [0.2, 0.25) is 0 Å². The molecule has 11 atom stereocenters. The predicted molar refractivity (Wildman–Crippen MR) is 151 cm³/mol. The molecule has 8 rings (SSSR count). The van der Waals surface area contributed by atoms with Gasteiger partial charge in [0.05, 0.1) is 18.1 Å². The van der Waals surface area contributed by atoms with Gasteiger partial charge in [-0.05, 0) is 49.3 Å². The molecule has 11 nitrogen and oxygen atoms in total. The standard InChI is InChI=1S/C32H42N2O9/c1-18(2)29(38)24(42-23(35)21-12-9-15-33-21)30(39)25(4)17-28(37)26(29,5)32(30,40)31(43-28)22(19(3)13-14-27(25,31)36)34-41-16-20-10-7-6-8-11-20/h6-12,15,18-19,22,24,33-34,36-40H,13-14,16-17H2,1-5H3/t19-,22-,24+,25-,26+,27-,28-,29+,30+,31+,32+/m0/s1. The van der Waals surface area contributed by atoms with Gasteiger partial charge in [-0.2, -0.15) is 5.48 Å². The normalized spacial score (nSPS) is 50.8. The minimum absolute atomic E-state index is 0.0858. The molecule has 4 aliphatic carbocycles. The first-order valence-corrected chi connectivity index (χ1v) is 15.1. The Hall–Kier alpha value is -2.35. The van der Waals surface area contributed by atoms with Crippen molar-refractivity contribution in [1.82, 2.24) is 10.5 Å². The molecule has 2 aromatic rings. The van der Waals surface area contributed by atoms with Crippen LogP contribution in [0.2, 0.25) is 0 Å². The maximum absolute atomic E-state index is 13.5. The Kier molecular flexibility index (Phi) is 5.78. The minimum Gasteiger partial charge on any atom is -0.451 e. The molecule has 43 heavy (non-hydrogen) atoms. The van der Waals surface area contributed by atoms with E-state index in [2.05, 4.69) is 10.5 Å². The lowest BCUT2D eigenvalue weighted by atomic mass is 9.52. The van der Waals surface area contributed by atoms with Gasteiger partial charge in [-0.3, -0.25) is 4.84 Å². The summed E-state index contributed by atoms with van der Waals surface area (Å²) in [5.74, 6) is -4.10. The third-order valence-electron chi connectivity index (χ3n) is 12.6. The van der Waals surface area contributed by atoms with E-state index in [1.54, 1.807) is 33.0 Å². The van der Waals surface area contributed by atoms with Crippen molar-refractivity contribution in [3.05, 3.63) is 59.9 Å². The number of benzene rings is 1. The second kappa shape index (κ2) is 8.46. The van der Waals surface area contributed by atoms with E-state index in [9.17, 15) is 30.3 Å². The van der Waals surface area contributed by atoms with Crippen molar-refractivity contribution in [3.8, 4) is 0 Å². The van der Waals surface area contributed by atoms with Crippen molar-refractivity contribution < 1.29 is 44.6 Å². The number of ether oxygens (including phenoxy) is 2. The molecule has 6 aliphatic rings. The van der Waals surface area contributed by atoms with Crippen LogP contribution in [0.1, 0.15) is 69.9 Å². The Morgan fingerprint density at radius 3 is 2.42 bits per heavy atom. The van der Waals surface area contributed by atoms with Crippen LogP contribution in [0.15, 0.2) is 48.7 Å². The van der Waals surface area contributed by atoms with Crippen LogP contribution in [0.4, 0.5) is 0 Å². The van der Waals surface area contributed by atoms with E-state index in [1.165, 1.54) is 13.0 Å². The Morgan fingerprint density at radius 2 is 1.79 bits per heavy atom. The average molecular weight is 599 g/mol. The third-order valence-corrected chi connectivity index (χ3v) is 12.6. The molecule has 0 amide bonds. The first kappa shape index (κ1) is 29.4. The van der Waals surface area contributed by atoms with E-state index >= 15 is 0 Å². The number of esters is 1. The number of rotatable bonds is 7. The molecule has 2 saturated heterocycles. The number of hydrogen-bond acceptors (Lipinski definition) is 10. The molecular weight excluding hydrogens is 556 g/mol. The molecule has 1 aromatic heterocycles. The Balaban J connectivity index is 1.43. The molecule has 3 heterocycles. The van der Waals surface area contributed by atoms with Crippen LogP contribution in [0.25, 0.3) is 0 Å². The van der Waals surface area contributed by atoms with Crippen molar-refractivity contribution in [3.63, 3.8) is 0 Å². The summed E-state index contributed by atoms with van der Waals surface area (Å²) in [6.45, 7) is 8.50. The molecule has 1 spiro atoms. The first-order valence-electron chi connectivity index (χ1n) is 15.1. The topological polar surface area (TPSA) is 174 Å². The number of aromatic amines is 1. The number of carbonyl (C=O) groups is 1. The van der Waals surface area contributed by atoms with Crippen LogP contribution in [-0.2, 0) is 20.9 Å². The number of aliphatic hydroxyl groups is 5. The van der Waals surface area contributed by atoms with Crippen LogP contribution in [-0.4, -0.2) is 82.4 Å². The van der Waals surface area contributed by atoms with Gasteiger partial charge in [-0.1, -0.05) is 58.0 Å². The zero-order valence-corrected chi connectivity index (χ0v) is 25.1. The Labute approximate surface area is 250 Å². The van der Waals surface area contributed by atoms with E-state index in [4.69, 9.17) is 14.3 Å². The van der Waals surface area contributed by atoms with Crippen LogP contribution < -0.4 is 5.48 Å². The summed E-state index contributed by atoms with van der Waals surface area (Å²) in [5.41, 5.74) is -10.9. The van der Waals surface area contributed by atoms with Gasteiger partial charge in [0, 0.05) is 18.0 Å². The minimum atomic E-state index is -2.52. The van der Waals surface area contributed by atoms with Gasteiger partial charge < -0.3 is 40.0 Å². The zero-order valence-electron chi connectivity index (χ0n) is 25.1. The predicted octanol–water partition coefficient (Wildman–Crippen LogP) is 1.54. The molecule has 1 aromatic carbocycles. The fourth-order valence-electron chi connectivity index (χ4n) is 10.6. The Bertz CT molecular complexity index is 1460. The zero-order chi connectivity index (χ0) is 31.1. The van der Waals surface area contributed by atoms with Gasteiger partial charge in [0.15, 0.2) is 17.5 Å². The van der Waals surface area contributed by atoms with Crippen molar-refractivity contribution >= 4 is 5.97 Å². The van der Waals surface area contributed by atoms with Crippen molar-refractivity contribution in [1.29, 1.82) is 0 Å². The van der Waals surface area contributed by atoms with Gasteiger partial charge in [0.1, 0.15) is 28.1 Å². The van der Waals surface area contributed by atoms with Crippen LogP contribution in [0.5, 0.6) is 0 Å². The van der Waals surface area contributed by atoms with Crippen LogP contribution >= 0.6 is 0 Å². The molecule has 0 radical (unpaired) electrons. The molecule has 2 aliphatic heterocycles. The summed E-state index contributed by atoms with van der Waals surface area (Å²) in [4.78, 5) is 22.2. The number of aromatic nitrogens is 1. The van der Waals surface area contributed by atoms with Crippen LogP contribution in [0, 0.1) is 22.7 Å². The lowest BCUT2D eigenvalue weighted by Gasteiger charge is -2.61. The smallest absolute Gasteiger partial charge is 0.355 e. The van der Waals surface area contributed by atoms with Gasteiger partial charge in [-0.25, -0.2) is 4.79 Å². The highest BCUT2D eigenvalue weighted by Crippen LogP contribution is 2.90. The molecular formula is C32H42N2O9. The highest BCUT2D eigenvalue weighted by molar-refractivity contribution is 5.87. The second-order valence-corrected chi connectivity index (χ2v) is 14.3. The van der Waals surface area contributed by atoms with E-state index < -0.39 is 68.7 Å². The van der Waals surface area contributed by atoms with Gasteiger partial charge in [-0.15, -0.1) is 0 Å². The van der Waals surface area contributed by atoms with Crippen molar-refractivity contribution in [2.24, 2.45) is 22.7 Å². The summed E-state index contributed by atoms with van der Waals surface area (Å²) in [5, 5.41) is 64.8. The lowest BCUT2D eigenvalue weighted by Crippen LogP contribution is -2.77. The summed E-state index contributed by atoms with van der Waals surface area (Å²) < 4.78 is 12.6. The van der Waals surface area contributed by atoms with Gasteiger partial charge in [0.25, 0.3) is 0 Å². The molecule has 234 valence electrons. The number of nitrogens with one attached hydrogen (secondary N) is 2. The molecule has 11 heteroatoms. The van der Waals surface area contributed by atoms with E-state index in [1.807, 2.05) is 37.3 Å². The molecule has 6 bridgehead atoms. The van der Waals surface area contributed by atoms with E-state index in [0.29, 0.717) is 6.42 Å². The SMILES string of the molecule is CC(C)[C@@]1(O)[C@@H](OC(=O)c2ccc[nH]2)[C@@]2(O)[C@@]3(C)C[C@]4(O)O[C@@]5([C@@H](NOCc6ccccc6)[C@@H](C)CC[C@]35O)[C@@]2(O)[C@@]14C. The van der Waals surface area contributed by atoms with E-state index in [0.717, 1.165) is 5.56 Å². The average Bonchev–Trinajstić information content (AvgIpc) is 3.59. The number of hydroxylamine groups is 1. The van der Waals surface area contributed by atoms with Crippen molar-refractivity contribution in [2.45, 2.75) is 106 Å². The third kappa shape index (κ3) is 2.69. The van der Waals surface area contributed by atoms with Gasteiger partial charge >= 0.3 is 5.97 Å². The summed E-state index contributed by atoms with van der Waals surface area (Å²) in [6, 6.07) is 11.6. The highest BCUT2D eigenvalue weighted by Gasteiger charge is 3.10. The summed E-state index contributed by atoms with van der Waals surface area (Å²) in [6.07, 6.45) is 0.0797. The molecule has 6 fully saturated rings. The monoisotopic (exact) mass is 598 g/mol. The maximum Gasteiger partial charge on any atom is 0.355 e. The summed E-state index contributed by atoms with van der Waals surface area (Å²) in [7, 11) is 0. The quantitative estimate of drug-likeness (QED) is 0.183. The number of H-pyrrole nitrogens is 1. The number of hydrogen-bond donors (Lipinski definition) is 7. The highest BCUT2D eigenvalue weighted by atomic mass is 16.7. The number of carbonyl (C=O) groups excluding carboxylic acids is 1. The van der Waals surface area contributed by atoms with E-state index in [-0.39, 0.29) is 31.1 Å². The molecule has 0 unspecified atom stereocenters. The second-order valence-electron chi connectivity index (χ2n) is 14.3. The fourth-order valence-corrected chi connectivity index (χ4v) is 10.6. The maximum atomic E-state index is 13.5. The lowest BCUT2D eigenvalue weighted by molar-refractivity contribution is -0.384. The summed E-state index contributed by atoms with van der Waals surface area (Å²) >= 11 is 0. The largest absolute Gasteiger partial charge is 0.451 e. The van der Waals surface area contributed by atoms with Crippen molar-refractivity contribution in [2.75, 3.05) is 0 Å². The van der Waals surface area contributed by atoms with Crippen LogP contribution in [0.3, 0.4) is 0 Å². The Morgan fingerprint density at radius 1 is 1.09 bits per heavy atom. The molecule has 4 saturated carbocycles. The fraction of sp³-hybridized carbons (Fsp3) is 0.656.